The minimum absolute atomic E-state index is 0.0171. The lowest BCUT2D eigenvalue weighted by atomic mass is 10.1. The van der Waals surface area contributed by atoms with Gasteiger partial charge in [-0.05, 0) is 37.6 Å². The van der Waals surface area contributed by atoms with Gasteiger partial charge in [0.1, 0.15) is 17.2 Å². The Bertz CT molecular complexity index is 967. The monoisotopic (exact) mass is 394 g/mol. The van der Waals surface area contributed by atoms with E-state index in [0.717, 1.165) is 5.69 Å². The molecule has 29 heavy (non-hydrogen) atoms. The van der Waals surface area contributed by atoms with E-state index in [2.05, 4.69) is 10.4 Å². The maximum absolute atomic E-state index is 12.9. The maximum Gasteiger partial charge on any atom is 0.255 e. The van der Waals surface area contributed by atoms with Crippen LogP contribution in [0, 0.1) is 0 Å². The number of hydrogen-bond acceptors (Lipinski definition) is 5. The summed E-state index contributed by atoms with van der Waals surface area (Å²) in [6.45, 7) is 2.40. The largest absolute Gasteiger partial charge is 0.497 e. The van der Waals surface area contributed by atoms with Crippen LogP contribution in [0.4, 0.5) is 0 Å². The van der Waals surface area contributed by atoms with Crippen molar-refractivity contribution in [1.82, 2.24) is 15.1 Å². The average molecular weight is 394 g/mol. The number of carbonyl (C=O) groups is 1. The zero-order valence-corrected chi connectivity index (χ0v) is 16.9. The molecule has 3 rings (SSSR count). The van der Waals surface area contributed by atoms with Crippen LogP contribution in [0.3, 0.4) is 0 Å². The van der Waals surface area contributed by atoms with Crippen LogP contribution in [0.15, 0.2) is 54.7 Å². The molecule has 1 atom stereocenters. The molecule has 0 spiro atoms. The number of methoxy groups -OCH3 is 2. The summed E-state index contributed by atoms with van der Waals surface area (Å²) in [6, 6.07) is 15.1. The van der Waals surface area contributed by atoms with Gasteiger partial charge >= 0.3 is 0 Å². The summed E-state index contributed by atoms with van der Waals surface area (Å²) >= 11 is 0. The number of para-hydroxylation sites is 1. The minimum Gasteiger partial charge on any atom is -0.497 e. The quantitative estimate of drug-likeness (QED) is 0.613. The molecule has 7 heteroatoms. The third-order valence-electron chi connectivity index (χ3n) is 4.53. The molecule has 0 aliphatic heterocycles. The topological polar surface area (TPSA) is 91.4 Å². The Morgan fingerprint density at radius 2 is 1.93 bits per heavy atom. The lowest BCUT2D eigenvalue weighted by Crippen LogP contribution is -2.29. The van der Waals surface area contributed by atoms with Crippen molar-refractivity contribution in [3.63, 3.8) is 0 Å². The highest BCUT2D eigenvalue weighted by molar-refractivity contribution is 6.00. The van der Waals surface area contributed by atoms with Crippen molar-refractivity contribution in [1.29, 1.82) is 0 Å². The van der Waals surface area contributed by atoms with E-state index in [9.17, 15) is 4.79 Å². The third-order valence-corrected chi connectivity index (χ3v) is 4.53. The Morgan fingerprint density at radius 3 is 2.59 bits per heavy atom. The highest BCUT2D eigenvalue weighted by Gasteiger charge is 2.21. The Kier molecular flexibility index (Phi) is 6.51. The predicted molar refractivity (Wildman–Crippen MR) is 113 cm³/mol. The number of nitrogens with zero attached hydrogens (tertiary/aromatic N) is 2. The second-order valence-corrected chi connectivity index (χ2v) is 6.76. The first-order valence-corrected chi connectivity index (χ1v) is 9.44. The molecular weight excluding hydrogens is 368 g/mol. The smallest absolute Gasteiger partial charge is 0.255 e. The van der Waals surface area contributed by atoms with E-state index in [-0.39, 0.29) is 11.9 Å². The normalized spacial score (nSPS) is 11.7. The van der Waals surface area contributed by atoms with Crippen molar-refractivity contribution < 1.29 is 14.3 Å². The standard InChI is InChI=1S/C22H26N4O3/c1-15(23)11-12-24-22(27)19-14-26(16-7-5-4-6-8-16)25-21(19)18-10-9-17(28-2)13-20(18)29-3/h4-10,13-15H,11-12,23H2,1-3H3,(H,24,27). The van der Waals surface area contributed by atoms with Gasteiger partial charge in [-0.3, -0.25) is 4.79 Å². The molecule has 7 nitrogen and oxygen atoms in total. The van der Waals surface area contributed by atoms with Gasteiger partial charge < -0.3 is 20.5 Å². The molecule has 0 fully saturated rings. The first-order valence-electron chi connectivity index (χ1n) is 9.44. The van der Waals surface area contributed by atoms with Crippen LogP contribution in [0.25, 0.3) is 16.9 Å². The summed E-state index contributed by atoms with van der Waals surface area (Å²) in [5, 5.41) is 7.62. The molecule has 3 N–H and O–H groups in total. The zero-order valence-electron chi connectivity index (χ0n) is 16.9. The van der Waals surface area contributed by atoms with Gasteiger partial charge in [0.05, 0.1) is 25.5 Å². The van der Waals surface area contributed by atoms with E-state index >= 15 is 0 Å². The molecule has 1 unspecified atom stereocenters. The molecule has 0 saturated carbocycles. The number of ether oxygens (including phenoxy) is 2. The number of amides is 1. The first-order chi connectivity index (χ1) is 14.0. The molecule has 0 radical (unpaired) electrons. The highest BCUT2D eigenvalue weighted by atomic mass is 16.5. The summed E-state index contributed by atoms with van der Waals surface area (Å²) in [4.78, 5) is 12.9. The minimum atomic E-state index is -0.208. The number of nitrogens with one attached hydrogen (secondary N) is 1. The van der Waals surface area contributed by atoms with Gasteiger partial charge in [-0.15, -0.1) is 0 Å². The SMILES string of the molecule is COc1ccc(-c2nn(-c3ccccc3)cc2C(=O)NCCC(C)N)c(OC)c1. The van der Waals surface area contributed by atoms with Gasteiger partial charge in [-0.2, -0.15) is 5.10 Å². The Labute approximate surface area is 170 Å². The van der Waals surface area contributed by atoms with E-state index < -0.39 is 0 Å². The average Bonchev–Trinajstić information content (AvgIpc) is 3.19. The fourth-order valence-corrected chi connectivity index (χ4v) is 2.95. The van der Waals surface area contributed by atoms with Gasteiger partial charge in [0, 0.05) is 30.4 Å². The summed E-state index contributed by atoms with van der Waals surface area (Å²) in [6.07, 6.45) is 2.43. The van der Waals surface area contributed by atoms with E-state index in [0.29, 0.717) is 41.3 Å². The summed E-state index contributed by atoms with van der Waals surface area (Å²) < 4.78 is 12.5. The number of aromatic nitrogens is 2. The van der Waals surface area contributed by atoms with E-state index in [4.69, 9.17) is 15.2 Å². The summed E-state index contributed by atoms with van der Waals surface area (Å²) in [7, 11) is 3.17. The predicted octanol–water partition coefficient (Wildman–Crippen LogP) is 3.02. The van der Waals surface area contributed by atoms with Crippen LogP contribution in [0.1, 0.15) is 23.7 Å². The van der Waals surface area contributed by atoms with Crippen molar-refractivity contribution >= 4 is 5.91 Å². The number of rotatable bonds is 8. The number of benzene rings is 2. The zero-order chi connectivity index (χ0) is 20.8. The van der Waals surface area contributed by atoms with Crippen molar-refractivity contribution in [2.45, 2.75) is 19.4 Å². The van der Waals surface area contributed by atoms with E-state index in [1.54, 1.807) is 31.2 Å². The molecule has 0 aliphatic rings. The van der Waals surface area contributed by atoms with Crippen LogP contribution >= 0.6 is 0 Å². The molecule has 152 valence electrons. The van der Waals surface area contributed by atoms with Crippen molar-refractivity contribution in [3.05, 3.63) is 60.3 Å². The summed E-state index contributed by atoms with van der Waals surface area (Å²) in [5.41, 5.74) is 8.35. The molecule has 1 heterocycles. The Balaban J connectivity index is 2.05. The van der Waals surface area contributed by atoms with Crippen LogP contribution in [0.5, 0.6) is 11.5 Å². The van der Waals surface area contributed by atoms with Gasteiger partial charge in [0.25, 0.3) is 5.91 Å². The number of nitrogens with two attached hydrogens (primary N) is 1. The molecule has 1 amide bonds. The highest BCUT2D eigenvalue weighted by Crippen LogP contribution is 2.34. The molecule has 1 aromatic heterocycles. The Morgan fingerprint density at radius 1 is 1.17 bits per heavy atom. The van der Waals surface area contributed by atoms with E-state index in [1.807, 2.05) is 49.4 Å². The molecule has 2 aromatic carbocycles. The lowest BCUT2D eigenvalue weighted by molar-refractivity contribution is 0.0953. The van der Waals surface area contributed by atoms with Crippen LogP contribution in [0.2, 0.25) is 0 Å². The molecule has 3 aromatic rings. The van der Waals surface area contributed by atoms with Crippen LogP contribution < -0.4 is 20.5 Å². The van der Waals surface area contributed by atoms with Gasteiger partial charge in [0.2, 0.25) is 0 Å². The fourth-order valence-electron chi connectivity index (χ4n) is 2.95. The maximum atomic E-state index is 12.9. The lowest BCUT2D eigenvalue weighted by Gasteiger charge is -2.11. The third kappa shape index (κ3) is 4.75. The molecule has 0 bridgehead atoms. The van der Waals surface area contributed by atoms with Gasteiger partial charge in [-0.1, -0.05) is 18.2 Å². The Hall–Kier alpha value is -3.32. The first kappa shape index (κ1) is 20.4. The second-order valence-electron chi connectivity index (χ2n) is 6.76. The van der Waals surface area contributed by atoms with E-state index in [1.165, 1.54) is 0 Å². The van der Waals surface area contributed by atoms with Crippen LogP contribution in [-0.2, 0) is 0 Å². The van der Waals surface area contributed by atoms with Gasteiger partial charge in [-0.25, -0.2) is 4.68 Å². The van der Waals surface area contributed by atoms with Crippen molar-refractivity contribution in [3.8, 4) is 28.4 Å². The van der Waals surface area contributed by atoms with Crippen molar-refractivity contribution in [2.75, 3.05) is 20.8 Å². The number of hydrogen-bond donors (Lipinski definition) is 2. The molecule has 0 aliphatic carbocycles. The van der Waals surface area contributed by atoms with Crippen molar-refractivity contribution in [2.24, 2.45) is 5.73 Å². The number of carbonyl (C=O) groups excluding carboxylic acids is 1. The second kappa shape index (κ2) is 9.25. The van der Waals surface area contributed by atoms with Gasteiger partial charge in [0.15, 0.2) is 0 Å². The van der Waals surface area contributed by atoms with Crippen LogP contribution in [-0.4, -0.2) is 42.5 Å². The molecule has 0 saturated heterocycles. The fraction of sp³-hybridized carbons (Fsp3) is 0.273. The summed E-state index contributed by atoms with van der Waals surface area (Å²) in [5.74, 6) is 1.03. The molecular formula is C22H26N4O3.